The molecule has 0 aliphatic carbocycles. The molecule has 1 amide bonds. The number of hydrogen-bond donors (Lipinski definition) is 2. The van der Waals surface area contributed by atoms with Gasteiger partial charge in [-0.3, -0.25) is 14.2 Å². The topological polar surface area (TPSA) is 144 Å². The fraction of sp³-hybridized carbons (Fsp3) is 0.212. The summed E-state index contributed by atoms with van der Waals surface area (Å²) in [4.78, 5) is 38.3. The van der Waals surface area contributed by atoms with E-state index in [1.54, 1.807) is 55.5 Å². The van der Waals surface area contributed by atoms with Gasteiger partial charge in [-0.2, -0.15) is 4.31 Å². The van der Waals surface area contributed by atoms with E-state index in [1.165, 1.54) is 21.1 Å². The lowest BCUT2D eigenvalue weighted by Crippen LogP contribution is -2.47. The van der Waals surface area contributed by atoms with Crippen molar-refractivity contribution in [2.75, 3.05) is 39.0 Å². The fourth-order valence-electron chi connectivity index (χ4n) is 5.54. The molecule has 46 heavy (non-hydrogen) atoms. The molecule has 3 N–H and O–H groups in total. The largest absolute Gasteiger partial charge is 0.382 e. The molecule has 3 heterocycles. The van der Waals surface area contributed by atoms with Crippen LogP contribution in [0.25, 0.3) is 27.7 Å². The summed E-state index contributed by atoms with van der Waals surface area (Å²) in [6.45, 7) is 3.84. The van der Waals surface area contributed by atoms with Gasteiger partial charge in [-0.1, -0.05) is 54.1 Å². The summed E-state index contributed by atoms with van der Waals surface area (Å²) in [5.74, 6) is -0.709. The van der Waals surface area contributed by atoms with Crippen LogP contribution in [0.15, 0.2) is 94.7 Å². The van der Waals surface area contributed by atoms with Crippen LogP contribution in [0.2, 0.25) is 5.02 Å². The molecule has 1 aliphatic rings. The number of hydrogen-bond acceptors (Lipinski definition) is 8. The molecule has 2 aromatic heterocycles. The second kappa shape index (κ2) is 12.6. The number of piperazine rings is 1. The number of likely N-dealkylation sites (N-methyl/N-ethyl adjacent to an activating group) is 1. The number of pyridine rings is 1. The maximum Gasteiger partial charge on any atom is 0.274 e. The number of para-hydroxylation sites is 1. The van der Waals surface area contributed by atoms with Gasteiger partial charge in [0.2, 0.25) is 10.0 Å². The van der Waals surface area contributed by atoms with Crippen LogP contribution < -0.4 is 16.6 Å². The molecule has 0 radical (unpaired) electrons. The number of nitrogen functional groups attached to an aromatic ring is 1. The number of aromatic nitrogens is 3. The van der Waals surface area contributed by atoms with E-state index < -0.39 is 22.0 Å². The molecule has 0 spiro atoms. The molecule has 0 bridgehead atoms. The summed E-state index contributed by atoms with van der Waals surface area (Å²) in [7, 11) is -1.77. The van der Waals surface area contributed by atoms with Crippen molar-refractivity contribution in [1.82, 2.24) is 29.1 Å². The number of nitrogens with one attached hydrogen (secondary N) is 1. The summed E-state index contributed by atoms with van der Waals surface area (Å²) in [5, 5.41) is 4.24. The maximum atomic E-state index is 13.8. The number of sulfonamides is 1. The van der Waals surface area contributed by atoms with Crippen molar-refractivity contribution in [3.63, 3.8) is 0 Å². The Balaban J connectivity index is 1.32. The zero-order valence-electron chi connectivity index (χ0n) is 25.2. The molecule has 1 fully saturated rings. The monoisotopic (exact) mass is 657 g/mol. The van der Waals surface area contributed by atoms with Crippen molar-refractivity contribution in [1.29, 1.82) is 0 Å². The van der Waals surface area contributed by atoms with Crippen LogP contribution in [0.3, 0.4) is 0 Å². The molecular weight excluding hydrogens is 626 g/mol. The highest BCUT2D eigenvalue weighted by atomic mass is 35.5. The predicted octanol–water partition coefficient (Wildman–Crippen LogP) is 4.11. The minimum Gasteiger partial charge on any atom is -0.382 e. The zero-order valence-corrected chi connectivity index (χ0v) is 26.8. The van der Waals surface area contributed by atoms with E-state index in [0.717, 1.165) is 0 Å². The number of carbonyl (C=O) groups is 1. The third kappa shape index (κ3) is 5.99. The molecule has 3 aromatic carbocycles. The second-order valence-electron chi connectivity index (χ2n) is 11.2. The number of halogens is 1. The van der Waals surface area contributed by atoms with Gasteiger partial charge in [-0.25, -0.2) is 18.4 Å². The number of anilines is 1. The standard InChI is InChI=1S/C33H32ClN7O4S/c1-21(28-19-23-9-7-13-26(34)29(23)33(43)41(28)24-10-4-3-5-11-24)37-32(42)30-31(35)36-20-27(38-30)22-8-6-12-25(18-22)46(44,45)40-16-14-39(2)15-17-40/h3-13,18-21H,14-17H2,1-2H3,(H2,35,36)(H,37,42)/t21-/m0/s1. The Morgan fingerprint density at radius 1 is 0.978 bits per heavy atom. The van der Waals surface area contributed by atoms with Gasteiger partial charge < -0.3 is 16.0 Å². The highest BCUT2D eigenvalue weighted by Gasteiger charge is 2.28. The first-order valence-corrected chi connectivity index (χ1v) is 16.5. The first-order valence-electron chi connectivity index (χ1n) is 14.7. The minimum absolute atomic E-state index is 0.0968. The smallest absolute Gasteiger partial charge is 0.274 e. The third-order valence-electron chi connectivity index (χ3n) is 8.08. The van der Waals surface area contributed by atoms with Gasteiger partial charge in [0.25, 0.3) is 11.5 Å². The van der Waals surface area contributed by atoms with E-state index in [4.69, 9.17) is 17.3 Å². The molecule has 0 saturated carbocycles. The van der Waals surface area contributed by atoms with E-state index in [1.807, 2.05) is 31.3 Å². The first-order chi connectivity index (χ1) is 22.0. The van der Waals surface area contributed by atoms with Crippen molar-refractivity contribution in [3.05, 3.63) is 112 Å². The van der Waals surface area contributed by atoms with Gasteiger partial charge in [0.05, 0.1) is 33.2 Å². The summed E-state index contributed by atoms with van der Waals surface area (Å²) in [6.07, 6.45) is 1.40. The Bertz CT molecular complexity index is 2110. The molecule has 11 nitrogen and oxygen atoms in total. The number of benzene rings is 3. The second-order valence-corrected chi connectivity index (χ2v) is 13.5. The van der Waals surface area contributed by atoms with Gasteiger partial charge in [0.15, 0.2) is 11.5 Å². The molecule has 0 unspecified atom stereocenters. The summed E-state index contributed by atoms with van der Waals surface area (Å²) in [6, 6.07) is 21.8. The molecule has 5 aromatic rings. The molecule has 13 heteroatoms. The van der Waals surface area contributed by atoms with Crippen molar-refractivity contribution in [2.24, 2.45) is 0 Å². The highest BCUT2D eigenvalue weighted by Crippen LogP contribution is 2.27. The van der Waals surface area contributed by atoms with E-state index in [9.17, 15) is 18.0 Å². The van der Waals surface area contributed by atoms with Gasteiger partial charge in [-0.15, -0.1) is 0 Å². The van der Waals surface area contributed by atoms with Gasteiger partial charge in [0, 0.05) is 43.1 Å². The fourth-order valence-corrected chi connectivity index (χ4v) is 7.27. The lowest BCUT2D eigenvalue weighted by Gasteiger charge is -2.31. The zero-order chi connectivity index (χ0) is 32.6. The maximum absolute atomic E-state index is 13.8. The van der Waals surface area contributed by atoms with E-state index >= 15 is 0 Å². The lowest BCUT2D eigenvalue weighted by atomic mass is 10.1. The quantitative estimate of drug-likeness (QED) is 0.266. The number of amides is 1. The van der Waals surface area contributed by atoms with Crippen LogP contribution in [-0.4, -0.2) is 71.3 Å². The minimum atomic E-state index is -3.73. The number of nitrogens with zero attached hydrogens (tertiary/aromatic N) is 5. The van der Waals surface area contributed by atoms with Crippen LogP contribution >= 0.6 is 11.6 Å². The van der Waals surface area contributed by atoms with Crippen LogP contribution in [-0.2, 0) is 10.0 Å². The van der Waals surface area contributed by atoms with Gasteiger partial charge in [-0.05, 0) is 55.8 Å². The van der Waals surface area contributed by atoms with Gasteiger partial charge in [0.1, 0.15) is 0 Å². The SMILES string of the molecule is C[C@H](NC(=O)c1nc(-c2cccc(S(=O)(=O)N3CCN(C)CC3)c2)cnc1N)c1cc2cccc(Cl)c2c(=O)n1-c1ccccc1. The van der Waals surface area contributed by atoms with Crippen LogP contribution in [0, 0.1) is 0 Å². The molecular formula is C33H32ClN7O4S. The van der Waals surface area contributed by atoms with Crippen LogP contribution in [0.5, 0.6) is 0 Å². The van der Waals surface area contributed by atoms with Crippen molar-refractivity contribution in [2.45, 2.75) is 17.9 Å². The van der Waals surface area contributed by atoms with Gasteiger partial charge >= 0.3 is 0 Å². The molecule has 6 rings (SSSR count). The predicted molar refractivity (Wildman–Crippen MR) is 179 cm³/mol. The van der Waals surface area contributed by atoms with E-state index in [2.05, 4.69) is 20.2 Å². The van der Waals surface area contributed by atoms with Crippen molar-refractivity contribution >= 4 is 44.1 Å². The molecule has 236 valence electrons. The molecule has 1 aliphatic heterocycles. The summed E-state index contributed by atoms with van der Waals surface area (Å²) in [5.41, 5.74) is 7.54. The summed E-state index contributed by atoms with van der Waals surface area (Å²) < 4.78 is 29.7. The van der Waals surface area contributed by atoms with Crippen LogP contribution in [0.1, 0.15) is 29.1 Å². The Hall–Kier alpha value is -4.62. The Labute approximate surface area is 271 Å². The normalized spacial score (nSPS) is 15.1. The Morgan fingerprint density at radius 2 is 1.70 bits per heavy atom. The first kappa shape index (κ1) is 31.4. The molecule has 1 saturated heterocycles. The van der Waals surface area contributed by atoms with Crippen molar-refractivity contribution < 1.29 is 13.2 Å². The lowest BCUT2D eigenvalue weighted by molar-refractivity contribution is 0.0934. The van der Waals surface area contributed by atoms with Crippen LogP contribution in [0.4, 0.5) is 5.82 Å². The number of carbonyl (C=O) groups excluding carboxylic acids is 1. The number of rotatable bonds is 7. The Morgan fingerprint density at radius 3 is 2.43 bits per heavy atom. The van der Waals surface area contributed by atoms with Crippen molar-refractivity contribution in [3.8, 4) is 16.9 Å². The van der Waals surface area contributed by atoms with E-state index in [-0.39, 0.29) is 27.7 Å². The third-order valence-corrected chi connectivity index (χ3v) is 10.3. The van der Waals surface area contributed by atoms with E-state index in [0.29, 0.717) is 58.9 Å². The average molecular weight is 658 g/mol. The molecule has 1 atom stereocenters. The summed E-state index contributed by atoms with van der Waals surface area (Å²) >= 11 is 6.43. The highest BCUT2D eigenvalue weighted by molar-refractivity contribution is 7.89. The Kier molecular flexibility index (Phi) is 8.62. The number of nitrogens with two attached hydrogens (primary N) is 1. The number of fused-ring (bicyclic) bond motifs is 1. The average Bonchev–Trinajstić information content (AvgIpc) is 3.05.